The van der Waals surface area contributed by atoms with Gasteiger partial charge in [0.05, 0.1) is 13.2 Å². The van der Waals surface area contributed by atoms with Gasteiger partial charge in [-0.2, -0.15) is 0 Å². The summed E-state index contributed by atoms with van der Waals surface area (Å²) in [6.07, 6.45) is 5.37. The molecule has 1 aromatic heterocycles. The fourth-order valence-electron chi connectivity index (χ4n) is 1.42. The van der Waals surface area contributed by atoms with E-state index in [4.69, 9.17) is 9.84 Å². The molecule has 8 heteroatoms. The minimum absolute atomic E-state index is 0.119. The zero-order valence-corrected chi connectivity index (χ0v) is 11.9. The number of carbonyl (C=O) groups is 2. The van der Waals surface area contributed by atoms with Crippen LogP contribution in [0.25, 0.3) is 6.08 Å². The van der Waals surface area contributed by atoms with Crippen LogP contribution in [0, 0.1) is 0 Å². The summed E-state index contributed by atoms with van der Waals surface area (Å²) in [5.74, 6) is -0.818. The Balaban J connectivity index is 2.52. The number of nitrogens with zero attached hydrogens (tertiary/aromatic N) is 3. The maximum Gasteiger partial charge on any atom is 0.328 e. The van der Waals surface area contributed by atoms with Crippen molar-refractivity contribution in [2.24, 2.45) is 0 Å². The van der Waals surface area contributed by atoms with Crippen molar-refractivity contribution < 1.29 is 19.4 Å². The minimum atomic E-state index is -1.04. The van der Waals surface area contributed by atoms with E-state index in [0.29, 0.717) is 24.7 Å². The largest absolute Gasteiger partial charge is 0.478 e. The fraction of sp³-hybridized carbons (Fsp3) is 0.385. The van der Waals surface area contributed by atoms with Gasteiger partial charge in [0, 0.05) is 44.7 Å². The second-order valence-corrected chi connectivity index (χ2v) is 4.19. The highest BCUT2D eigenvalue weighted by molar-refractivity contribution is 5.85. The van der Waals surface area contributed by atoms with E-state index in [1.165, 1.54) is 18.5 Å². The first-order valence-electron chi connectivity index (χ1n) is 6.22. The van der Waals surface area contributed by atoms with E-state index in [1.54, 1.807) is 19.1 Å². The first-order valence-corrected chi connectivity index (χ1v) is 6.22. The Kier molecular flexibility index (Phi) is 6.82. The van der Waals surface area contributed by atoms with Crippen molar-refractivity contribution in [3.05, 3.63) is 24.0 Å². The molecular weight excluding hydrogens is 276 g/mol. The van der Waals surface area contributed by atoms with Crippen LogP contribution in [0.3, 0.4) is 0 Å². The van der Waals surface area contributed by atoms with Crippen molar-refractivity contribution in [1.29, 1.82) is 0 Å². The average molecular weight is 294 g/mol. The number of likely N-dealkylation sites (N-methyl/N-ethyl adjacent to an activating group) is 1. The van der Waals surface area contributed by atoms with Gasteiger partial charge in [-0.25, -0.2) is 14.8 Å². The summed E-state index contributed by atoms with van der Waals surface area (Å²) < 4.78 is 4.83. The van der Waals surface area contributed by atoms with Crippen LogP contribution in [-0.2, 0) is 14.3 Å². The van der Waals surface area contributed by atoms with Gasteiger partial charge in [0.2, 0.25) is 11.9 Å². The molecule has 2 N–H and O–H groups in total. The molecule has 114 valence electrons. The summed E-state index contributed by atoms with van der Waals surface area (Å²) >= 11 is 0. The lowest BCUT2D eigenvalue weighted by atomic mass is 10.3. The SMILES string of the molecule is COCCNC(=O)CN(C)c1ncc(/C=C/C(=O)O)cn1. The first kappa shape index (κ1) is 16.6. The van der Waals surface area contributed by atoms with Gasteiger partial charge in [-0.1, -0.05) is 0 Å². The Morgan fingerprint density at radius 3 is 2.67 bits per heavy atom. The topological polar surface area (TPSA) is 105 Å². The number of carboxylic acid groups (broad SMARTS) is 1. The van der Waals surface area contributed by atoms with Crippen molar-refractivity contribution in [3.63, 3.8) is 0 Å². The minimum Gasteiger partial charge on any atom is -0.478 e. The van der Waals surface area contributed by atoms with Crippen molar-refractivity contribution in [2.75, 3.05) is 38.8 Å². The third kappa shape index (κ3) is 6.48. The molecule has 1 aromatic rings. The molecule has 0 aliphatic rings. The van der Waals surface area contributed by atoms with Crippen LogP contribution in [0.15, 0.2) is 18.5 Å². The van der Waals surface area contributed by atoms with E-state index < -0.39 is 5.97 Å². The smallest absolute Gasteiger partial charge is 0.328 e. The molecule has 0 aliphatic heterocycles. The number of nitrogens with one attached hydrogen (secondary N) is 1. The van der Waals surface area contributed by atoms with Gasteiger partial charge in [0.15, 0.2) is 0 Å². The van der Waals surface area contributed by atoms with Crippen LogP contribution in [0.2, 0.25) is 0 Å². The number of ether oxygens (including phenoxy) is 1. The van der Waals surface area contributed by atoms with Crippen molar-refractivity contribution in [1.82, 2.24) is 15.3 Å². The molecular formula is C13H18N4O4. The van der Waals surface area contributed by atoms with Crippen LogP contribution >= 0.6 is 0 Å². The number of carbonyl (C=O) groups excluding carboxylic acids is 1. The summed E-state index contributed by atoms with van der Waals surface area (Å²) in [5, 5.41) is 11.2. The van der Waals surface area contributed by atoms with E-state index >= 15 is 0 Å². The predicted octanol–water partition coefficient (Wildman–Crippen LogP) is -0.227. The molecule has 0 radical (unpaired) electrons. The number of aliphatic carboxylic acids is 1. The molecule has 0 saturated carbocycles. The van der Waals surface area contributed by atoms with Gasteiger partial charge >= 0.3 is 5.97 Å². The maximum atomic E-state index is 11.6. The molecule has 0 unspecified atom stereocenters. The van der Waals surface area contributed by atoms with Crippen LogP contribution < -0.4 is 10.2 Å². The molecule has 0 atom stereocenters. The van der Waals surface area contributed by atoms with Gasteiger partial charge < -0.3 is 20.1 Å². The Hall–Kier alpha value is -2.48. The zero-order valence-electron chi connectivity index (χ0n) is 11.9. The average Bonchev–Trinajstić information content (AvgIpc) is 2.45. The van der Waals surface area contributed by atoms with Crippen LogP contribution in [0.1, 0.15) is 5.56 Å². The molecule has 0 saturated heterocycles. The molecule has 0 aromatic carbocycles. The standard InChI is InChI=1S/C13H18N4O4/c1-17(9-11(18)14-5-6-21-2)13-15-7-10(8-16-13)3-4-12(19)20/h3-4,7-8H,5-6,9H2,1-2H3,(H,14,18)(H,19,20)/b4-3+. The van der Waals surface area contributed by atoms with Gasteiger partial charge in [-0.3, -0.25) is 4.79 Å². The second kappa shape index (κ2) is 8.64. The summed E-state index contributed by atoms with van der Waals surface area (Å²) in [4.78, 5) is 31.7. The Bertz CT molecular complexity index is 501. The third-order valence-corrected chi connectivity index (χ3v) is 2.43. The number of amides is 1. The Labute approximate surface area is 122 Å². The highest BCUT2D eigenvalue weighted by Gasteiger charge is 2.09. The van der Waals surface area contributed by atoms with E-state index in [2.05, 4.69) is 15.3 Å². The molecule has 1 rings (SSSR count). The Morgan fingerprint density at radius 2 is 2.10 bits per heavy atom. The number of aromatic nitrogens is 2. The van der Waals surface area contributed by atoms with Crippen molar-refractivity contribution in [3.8, 4) is 0 Å². The third-order valence-electron chi connectivity index (χ3n) is 2.43. The number of carboxylic acids is 1. The lowest BCUT2D eigenvalue weighted by molar-refractivity contribution is -0.131. The molecule has 0 spiro atoms. The van der Waals surface area contributed by atoms with Crippen molar-refractivity contribution >= 4 is 23.9 Å². The number of anilines is 1. The highest BCUT2D eigenvalue weighted by atomic mass is 16.5. The van der Waals surface area contributed by atoms with Gasteiger partial charge in [0.25, 0.3) is 0 Å². The van der Waals surface area contributed by atoms with Gasteiger partial charge in [-0.15, -0.1) is 0 Å². The predicted molar refractivity (Wildman–Crippen MR) is 76.9 cm³/mol. The number of methoxy groups -OCH3 is 1. The molecule has 8 nitrogen and oxygen atoms in total. The van der Waals surface area contributed by atoms with Crippen LogP contribution in [0.5, 0.6) is 0 Å². The highest BCUT2D eigenvalue weighted by Crippen LogP contribution is 2.06. The quantitative estimate of drug-likeness (QED) is 0.504. The lowest BCUT2D eigenvalue weighted by Crippen LogP contribution is -2.37. The van der Waals surface area contributed by atoms with E-state index in [1.807, 2.05) is 0 Å². The van der Waals surface area contributed by atoms with Gasteiger partial charge in [0.1, 0.15) is 0 Å². The summed E-state index contributed by atoms with van der Waals surface area (Å²) in [7, 11) is 3.25. The number of hydrogen-bond donors (Lipinski definition) is 2. The van der Waals surface area contributed by atoms with E-state index in [9.17, 15) is 9.59 Å². The molecule has 1 amide bonds. The van der Waals surface area contributed by atoms with Gasteiger partial charge in [-0.05, 0) is 6.08 Å². The summed E-state index contributed by atoms with van der Waals surface area (Å²) in [5.41, 5.74) is 0.569. The number of hydrogen-bond acceptors (Lipinski definition) is 6. The first-order chi connectivity index (χ1) is 10.0. The van der Waals surface area contributed by atoms with E-state index in [0.717, 1.165) is 6.08 Å². The fourth-order valence-corrected chi connectivity index (χ4v) is 1.42. The molecule has 21 heavy (non-hydrogen) atoms. The van der Waals surface area contributed by atoms with E-state index in [-0.39, 0.29) is 12.5 Å². The van der Waals surface area contributed by atoms with Crippen LogP contribution in [-0.4, -0.2) is 60.8 Å². The summed E-state index contributed by atoms with van der Waals surface area (Å²) in [6, 6.07) is 0. The molecule has 0 fully saturated rings. The maximum absolute atomic E-state index is 11.6. The monoisotopic (exact) mass is 294 g/mol. The summed E-state index contributed by atoms with van der Waals surface area (Å²) in [6.45, 7) is 1.02. The van der Waals surface area contributed by atoms with Crippen molar-refractivity contribution in [2.45, 2.75) is 0 Å². The molecule has 0 aliphatic carbocycles. The number of rotatable bonds is 8. The normalized spacial score (nSPS) is 10.6. The Morgan fingerprint density at radius 1 is 1.43 bits per heavy atom. The zero-order chi connectivity index (χ0) is 15.7. The molecule has 1 heterocycles. The second-order valence-electron chi connectivity index (χ2n) is 4.19. The van der Waals surface area contributed by atoms with Crippen LogP contribution in [0.4, 0.5) is 5.95 Å². The lowest BCUT2D eigenvalue weighted by Gasteiger charge is -2.16. The molecule has 0 bridgehead atoms.